The van der Waals surface area contributed by atoms with E-state index in [0.29, 0.717) is 0 Å². The molecule has 1 saturated heterocycles. The predicted octanol–water partition coefficient (Wildman–Crippen LogP) is 1.86. The van der Waals surface area contributed by atoms with Gasteiger partial charge in [-0.15, -0.1) is 0 Å². The zero-order chi connectivity index (χ0) is 21.3. The number of nitrogens with zero attached hydrogens (tertiary/aromatic N) is 2. The molecule has 156 valence electrons. The van der Waals surface area contributed by atoms with E-state index in [2.05, 4.69) is 5.32 Å². The van der Waals surface area contributed by atoms with E-state index >= 15 is 0 Å². The number of hydrogen-bond acceptors (Lipinski definition) is 6. The highest BCUT2D eigenvalue weighted by Crippen LogP contribution is 2.44. The molecular formula is C19H21F3N4O2S. The van der Waals surface area contributed by atoms with Gasteiger partial charge in [0.25, 0.3) is 0 Å². The zero-order valence-electron chi connectivity index (χ0n) is 15.5. The summed E-state index contributed by atoms with van der Waals surface area (Å²) in [5.74, 6) is 0. The molecule has 0 radical (unpaired) electrons. The molecule has 10 heteroatoms. The van der Waals surface area contributed by atoms with Gasteiger partial charge in [-0.25, -0.2) is 8.42 Å². The summed E-state index contributed by atoms with van der Waals surface area (Å²) in [6.07, 6.45) is -2.02. The molecule has 3 rings (SSSR count). The lowest BCUT2D eigenvalue weighted by atomic mass is 9.85. The van der Waals surface area contributed by atoms with Crippen molar-refractivity contribution in [3.8, 4) is 6.07 Å². The van der Waals surface area contributed by atoms with Crippen molar-refractivity contribution >= 4 is 9.84 Å². The Bertz CT molecular complexity index is 965. The Morgan fingerprint density at radius 1 is 1.31 bits per heavy atom. The summed E-state index contributed by atoms with van der Waals surface area (Å²) in [7, 11) is -4.10. The van der Waals surface area contributed by atoms with Gasteiger partial charge in [0, 0.05) is 31.8 Å². The van der Waals surface area contributed by atoms with Gasteiger partial charge in [0.05, 0.1) is 11.0 Å². The second-order valence-corrected chi connectivity index (χ2v) is 9.08. The number of piperazine rings is 1. The van der Waals surface area contributed by atoms with Gasteiger partial charge in [-0.1, -0.05) is 24.3 Å². The van der Waals surface area contributed by atoms with Crippen LogP contribution >= 0.6 is 0 Å². The highest BCUT2D eigenvalue weighted by atomic mass is 32.2. The molecule has 0 spiro atoms. The number of sulfone groups is 1. The van der Waals surface area contributed by atoms with Gasteiger partial charge >= 0.3 is 6.18 Å². The van der Waals surface area contributed by atoms with Crippen LogP contribution in [0, 0.1) is 11.3 Å². The number of alkyl halides is 3. The Morgan fingerprint density at radius 3 is 2.52 bits per heavy atom. The molecule has 0 amide bonds. The number of rotatable bonds is 4. The molecule has 3 N–H and O–H groups in total. The van der Waals surface area contributed by atoms with Crippen molar-refractivity contribution in [2.24, 2.45) is 5.73 Å². The van der Waals surface area contributed by atoms with Gasteiger partial charge in [0.1, 0.15) is 10.9 Å². The van der Waals surface area contributed by atoms with E-state index in [9.17, 15) is 21.6 Å². The minimum atomic E-state index is -4.73. The lowest BCUT2D eigenvalue weighted by molar-refractivity contribution is -0.218. The number of nitriles is 1. The van der Waals surface area contributed by atoms with Crippen LogP contribution in [0.5, 0.6) is 0 Å². The second kappa shape index (κ2) is 7.91. The number of benzene rings is 1. The van der Waals surface area contributed by atoms with E-state index < -0.39 is 33.3 Å². The third-order valence-electron chi connectivity index (χ3n) is 5.35. The Kier molecular flexibility index (Phi) is 5.87. The Morgan fingerprint density at radius 2 is 2.00 bits per heavy atom. The van der Waals surface area contributed by atoms with E-state index in [4.69, 9.17) is 11.0 Å². The third-order valence-corrected chi connectivity index (χ3v) is 7.41. The monoisotopic (exact) mass is 426 g/mol. The summed E-state index contributed by atoms with van der Waals surface area (Å²) in [6.45, 7) is 0.206. The van der Waals surface area contributed by atoms with E-state index in [1.165, 1.54) is 18.2 Å². The topological polar surface area (TPSA) is 99.2 Å². The van der Waals surface area contributed by atoms with E-state index in [-0.39, 0.29) is 36.6 Å². The SMILES string of the molecule is N#CC1=CCC(N2CCNCC2S(=O)(=O)c2ccc(CN)cc2)(C(F)(F)F)C=C1. The standard InChI is InChI=1S/C19H21F3N4O2S/c20-19(21,22)18(7-5-15(12-24)6-8-18)26-10-9-25-13-17(26)29(27,28)16-3-1-14(11-23)2-4-16/h1-7,17,25H,8-11,13,23H2. The Balaban J connectivity index is 2.05. The third kappa shape index (κ3) is 3.83. The zero-order valence-corrected chi connectivity index (χ0v) is 16.3. The van der Waals surface area contributed by atoms with E-state index in [0.717, 1.165) is 22.6 Å². The summed E-state index contributed by atoms with van der Waals surface area (Å²) in [5, 5.41) is 10.4. The van der Waals surface area contributed by atoms with Crippen molar-refractivity contribution in [3.63, 3.8) is 0 Å². The molecule has 1 aromatic rings. The molecule has 2 aliphatic rings. The first-order valence-electron chi connectivity index (χ1n) is 9.02. The Hall–Kier alpha value is -2.19. The molecule has 0 bridgehead atoms. The van der Waals surface area contributed by atoms with Gasteiger partial charge < -0.3 is 11.1 Å². The van der Waals surface area contributed by atoms with Crippen LogP contribution in [0.1, 0.15) is 12.0 Å². The van der Waals surface area contributed by atoms with Crippen molar-refractivity contribution in [2.75, 3.05) is 19.6 Å². The van der Waals surface area contributed by atoms with Crippen LogP contribution in [0.4, 0.5) is 13.2 Å². The van der Waals surface area contributed by atoms with Gasteiger partial charge in [-0.3, -0.25) is 4.90 Å². The molecule has 2 atom stereocenters. The summed E-state index contributed by atoms with van der Waals surface area (Å²) in [5.41, 5.74) is 3.88. The van der Waals surface area contributed by atoms with Gasteiger partial charge in [-0.2, -0.15) is 18.4 Å². The fourth-order valence-electron chi connectivity index (χ4n) is 3.68. The largest absolute Gasteiger partial charge is 0.410 e. The summed E-state index contributed by atoms with van der Waals surface area (Å²) >= 11 is 0. The lowest BCUT2D eigenvalue weighted by Gasteiger charge is -2.49. The number of allylic oxidation sites excluding steroid dienone is 2. The predicted molar refractivity (Wildman–Crippen MR) is 101 cm³/mol. The highest BCUT2D eigenvalue weighted by Gasteiger charge is 2.60. The van der Waals surface area contributed by atoms with Crippen LogP contribution in [0.25, 0.3) is 0 Å². The average molecular weight is 426 g/mol. The van der Waals surface area contributed by atoms with Crippen molar-refractivity contribution in [1.29, 1.82) is 5.26 Å². The van der Waals surface area contributed by atoms with Crippen LogP contribution in [-0.2, 0) is 16.4 Å². The number of hydrogen-bond donors (Lipinski definition) is 2. The van der Waals surface area contributed by atoms with E-state index in [1.54, 1.807) is 12.1 Å². The molecule has 6 nitrogen and oxygen atoms in total. The van der Waals surface area contributed by atoms with Crippen LogP contribution in [0.3, 0.4) is 0 Å². The maximum Gasteiger partial charge on any atom is 0.410 e. The van der Waals surface area contributed by atoms with Crippen LogP contribution < -0.4 is 11.1 Å². The molecule has 29 heavy (non-hydrogen) atoms. The Labute approximate surface area is 167 Å². The number of nitrogens with one attached hydrogen (secondary N) is 1. The summed E-state index contributed by atoms with van der Waals surface area (Å²) in [4.78, 5) is 0.940. The summed E-state index contributed by atoms with van der Waals surface area (Å²) in [6, 6.07) is 7.66. The fourth-order valence-corrected chi connectivity index (χ4v) is 5.48. The number of nitrogens with two attached hydrogens (primary N) is 1. The van der Waals surface area contributed by atoms with Crippen molar-refractivity contribution in [3.05, 3.63) is 53.6 Å². The van der Waals surface area contributed by atoms with E-state index in [1.807, 2.05) is 6.07 Å². The van der Waals surface area contributed by atoms with Gasteiger partial charge in [0.15, 0.2) is 9.84 Å². The maximum atomic E-state index is 14.2. The maximum absolute atomic E-state index is 14.2. The first-order valence-corrected chi connectivity index (χ1v) is 10.6. The molecule has 0 aromatic heterocycles. The first-order chi connectivity index (χ1) is 13.7. The number of halogens is 3. The molecule has 1 aliphatic carbocycles. The normalized spacial score (nSPS) is 26.0. The fraction of sp³-hybridized carbons (Fsp3) is 0.421. The first kappa shape index (κ1) is 21.5. The van der Waals surface area contributed by atoms with Gasteiger partial charge in [0.2, 0.25) is 0 Å². The molecule has 1 aromatic carbocycles. The molecule has 0 saturated carbocycles. The van der Waals surface area contributed by atoms with Crippen LogP contribution in [0.2, 0.25) is 0 Å². The minimum absolute atomic E-state index is 0.0567. The molecular weight excluding hydrogens is 405 g/mol. The summed E-state index contributed by atoms with van der Waals surface area (Å²) < 4.78 is 69.2. The molecule has 1 fully saturated rings. The molecule has 1 heterocycles. The van der Waals surface area contributed by atoms with Gasteiger partial charge in [-0.05, 0) is 30.2 Å². The highest BCUT2D eigenvalue weighted by molar-refractivity contribution is 7.92. The van der Waals surface area contributed by atoms with Crippen LogP contribution in [-0.4, -0.2) is 50.0 Å². The quantitative estimate of drug-likeness (QED) is 0.763. The lowest BCUT2D eigenvalue weighted by Crippen LogP contribution is -2.68. The minimum Gasteiger partial charge on any atom is -0.326 e. The van der Waals surface area contributed by atoms with Crippen molar-refractivity contribution in [2.45, 2.75) is 35.0 Å². The second-order valence-electron chi connectivity index (χ2n) is 6.98. The average Bonchev–Trinajstić information content (AvgIpc) is 2.73. The molecule has 2 unspecified atom stereocenters. The molecule has 1 aliphatic heterocycles. The van der Waals surface area contributed by atoms with Crippen LogP contribution in [0.15, 0.2) is 53.0 Å². The van der Waals surface area contributed by atoms with Crippen molar-refractivity contribution in [1.82, 2.24) is 10.2 Å². The smallest absolute Gasteiger partial charge is 0.326 e. The van der Waals surface area contributed by atoms with Crippen molar-refractivity contribution < 1.29 is 21.6 Å².